The van der Waals surface area contributed by atoms with E-state index in [1.54, 1.807) is 0 Å². The second-order valence-corrected chi connectivity index (χ2v) is 12.9. The lowest BCUT2D eigenvalue weighted by molar-refractivity contribution is 0.793. The van der Waals surface area contributed by atoms with E-state index in [9.17, 15) is 0 Å². The molecule has 1 heteroatoms. The highest BCUT2D eigenvalue weighted by molar-refractivity contribution is 7.74. The van der Waals surface area contributed by atoms with Gasteiger partial charge in [0, 0.05) is 0 Å². The first kappa shape index (κ1) is 23.3. The molecule has 0 heterocycles. The van der Waals surface area contributed by atoms with Crippen LogP contribution in [0.2, 0.25) is 0 Å². The third kappa shape index (κ3) is 5.14. The van der Waals surface area contributed by atoms with Gasteiger partial charge in [-0.25, -0.2) is 0 Å². The molecule has 0 aliphatic rings. The number of hydrogen-bond acceptors (Lipinski definition) is 0. The van der Waals surface area contributed by atoms with Crippen molar-refractivity contribution in [3.05, 3.63) is 133 Å². The average Bonchev–Trinajstić information content (AvgIpc) is 2.90. The molecular formula is C34H31P. The van der Waals surface area contributed by atoms with Crippen LogP contribution in [0.3, 0.4) is 0 Å². The van der Waals surface area contributed by atoms with E-state index in [0.29, 0.717) is 0 Å². The standard InChI is InChI=1S/C34H31P/c1-34(2,3)35(33-17-11-10-16-32(33)30-14-8-5-9-15-30)31-24-22-29(23-25-31)28-20-18-27(19-21-28)26-12-6-4-7-13-26/h4-25H,1-3H3. The lowest BCUT2D eigenvalue weighted by atomic mass is 10.0. The Morgan fingerprint density at radius 1 is 0.400 bits per heavy atom. The van der Waals surface area contributed by atoms with Crippen molar-refractivity contribution in [2.75, 3.05) is 0 Å². The van der Waals surface area contributed by atoms with Gasteiger partial charge < -0.3 is 0 Å². The first-order valence-corrected chi connectivity index (χ1v) is 13.6. The Hall–Kier alpha value is -3.47. The Morgan fingerprint density at radius 3 is 1.31 bits per heavy atom. The Morgan fingerprint density at radius 2 is 0.800 bits per heavy atom. The minimum atomic E-state index is -0.553. The second-order valence-electron chi connectivity index (χ2n) is 9.88. The van der Waals surface area contributed by atoms with E-state index >= 15 is 0 Å². The molecule has 35 heavy (non-hydrogen) atoms. The monoisotopic (exact) mass is 470 g/mol. The van der Waals surface area contributed by atoms with Gasteiger partial charge in [-0.05, 0) is 57.1 Å². The molecule has 0 aliphatic carbocycles. The Kier molecular flexibility index (Phi) is 6.67. The fraction of sp³-hybridized carbons (Fsp3) is 0.118. The minimum Gasteiger partial charge on any atom is -0.0622 e. The van der Waals surface area contributed by atoms with Gasteiger partial charge in [-0.15, -0.1) is 0 Å². The van der Waals surface area contributed by atoms with Gasteiger partial charge in [-0.2, -0.15) is 0 Å². The van der Waals surface area contributed by atoms with Gasteiger partial charge in [0.15, 0.2) is 0 Å². The molecular weight excluding hydrogens is 439 g/mol. The first-order valence-electron chi connectivity index (χ1n) is 12.2. The van der Waals surface area contributed by atoms with E-state index in [1.807, 2.05) is 0 Å². The summed E-state index contributed by atoms with van der Waals surface area (Å²) in [6.45, 7) is 7.12. The fourth-order valence-corrected chi connectivity index (χ4v) is 7.61. The van der Waals surface area contributed by atoms with E-state index in [0.717, 1.165) is 0 Å². The highest BCUT2D eigenvalue weighted by Crippen LogP contribution is 2.49. The zero-order chi connectivity index (χ0) is 24.3. The molecule has 0 saturated carbocycles. The zero-order valence-corrected chi connectivity index (χ0v) is 21.5. The van der Waals surface area contributed by atoms with Crippen LogP contribution in [0.15, 0.2) is 133 Å². The molecule has 0 saturated heterocycles. The summed E-state index contributed by atoms with van der Waals surface area (Å²) in [7, 11) is -0.553. The largest absolute Gasteiger partial charge is 0.0622 e. The molecule has 0 radical (unpaired) electrons. The van der Waals surface area contributed by atoms with Crippen LogP contribution in [0.25, 0.3) is 33.4 Å². The Balaban J connectivity index is 1.49. The van der Waals surface area contributed by atoms with E-state index in [1.165, 1.54) is 44.0 Å². The maximum atomic E-state index is 2.37. The van der Waals surface area contributed by atoms with Gasteiger partial charge in [0.2, 0.25) is 0 Å². The number of benzene rings is 5. The number of hydrogen-bond donors (Lipinski definition) is 0. The average molecular weight is 471 g/mol. The maximum Gasteiger partial charge on any atom is -0.00989 e. The van der Waals surface area contributed by atoms with E-state index in [-0.39, 0.29) is 5.16 Å². The summed E-state index contributed by atoms with van der Waals surface area (Å²) in [5.41, 5.74) is 7.64. The summed E-state index contributed by atoms with van der Waals surface area (Å²) >= 11 is 0. The van der Waals surface area contributed by atoms with Crippen LogP contribution < -0.4 is 10.6 Å². The molecule has 0 amide bonds. The summed E-state index contributed by atoms with van der Waals surface area (Å²) in [5.74, 6) is 0. The molecule has 0 bridgehead atoms. The van der Waals surface area contributed by atoms with Crippen molar-refractivity contribution in [2.24, 2.45) is 0 Å². The normalized spacial score (nSPS) is 12.3. The van der Waals surface area contributed by atoms with Gasteiger partial charge in [-0.3, -0.25) is 0 Å². The van der Waals surface area contributed by atoms with Crippen LogP contribution in [-0.4, -0.2) is 5.16 Å². The molecule has 172 valence electrons. The molecule has 1 unspecified atom stereocenters. The van der Waals surface area contributed by atoms with E-state index in [2.05, 4.69) is 154 Å². The van der Waals surface area contributed by atoms with E-state index < -0.39 is 7.92 Å². The Bertz CT molecular complexity index is 1380. The summed E-state index contributed by atoms with van der Waals surface area (Å²) < 4.78 is 0. The highest BCUT2D eigenvalue weighted by atomic mass is 31.1. The van der Waals surface area contributed by atoms with Crippen LogP contribution >= 0.6 is 7.92 Å². The summed E-state index contributed by atoms with van der Waals surface area (Å²) in [6, 6.07) is 48.5. The van der Waals surface area contributed by atoms with Crippen LogP contribution in [0.5, 0.6) is 0 Å². The predicted octanol–water partition coefficient (Wildman–Crippen LogP) is 8.92. The highest BCUT2D eigenvalue weighted by Gasteiger charge is 2.29. The molecule has 5 aromatic carbocycles. The van der Waals surface area contributed by atoms with Crippen LogP contribution in [0.4, 0.5) is 0 Å². The summed E-state index contributed by atoms with van der Waals surface area (Å²) in [5, 5.41) is 3.00. The number of rotatable bonds is 5. The van der Waals surface area contributed by atoms with Gasteiger partial charge in [0.05, 0.1) is 0 Å². The lowest BCUT2D eigenvalue weighted by Crippen LogP contribution is -2.27. The fourth-order valence-electron chi connectivity index (χ4n) is 4.71. The van der Waals surface area contributed by atoms with Gasteiger partial charge in [0.1, 0.15) is 0 Å². The molecule has 5 aromatic rings. The molecule has 0 spiro atoms. The topological polar surface area (TPSA) is 0 Å². The van der Waals surface area contributed by atoms with Crippen molar-refractivity contribution in [1.82, 2.24) is 0 Å². The quantitative estimate of drug-likeness (QED) is 0.225. The van der Waals surface area contributed by atoms with Gasteiger partial charge in [0.25, 0.3) is 0 Å². The third-order valence-corrected chi connectivity index (χ3v) is 9.38. The second kappa shape index (κ2) is 10.0. The zero-order valence-electron chi connectivity index (χ0n) is 20.6. The molecule has 0 fully saturated rings. The SMILES string of the molecule is CC(C)(C)P(c1ccc(-c2ccc(-c3ccccc3)cc2)cc1)c1ccccc1-c1ccccc1. The van der Waals surface area contributed by atoms with Crippen LogP contribution in [0.1, 0.15) is 20.8 Å². The molecule has 0 aliphatic heterocycles. The van der Waals surface area contributed by atoms with Crippen LogP contribution in [-0.2, 0) is 0 Å². The predicted molar refractivity (Wildman–Crippen MR) is 155 cm³/mol. The van der Waals surface area contributed by atoms with E-state index in [4.69, 9.17) is 0 Å². The Labute approximate surface area is 211 Å². The molecule has 5 rings (SSSR count). The molecule has 0 N–H and O–H groups in total. The van der Waals surface area contributed by atoms with Crippen LogP contribution in [0, 0.1) is 0 Å². The van der Waals surface area contributed by atoms with Crippen molar-refractivity contribution >= 4 is 18.5 Å². The molecule has 0 nitrogen and oxygen atoms in total. The van der Waals surface area contributed by atoms with Crippen molar-refractivity contribution in [3.63, 3.8) is 0 Å². The van der Waals surface area contributed by atoms with Crippen molar-refractivity contribution < 1.29 is 0 Å². The smallest absolute Gasteiger partial charge is 0.00989 e. The first-order chi connectivity index (χ1) is 17.0. The lowest BCUT2D eigenvalue weighted by Gasteiger charge is -2.34. The third-order valence-electron chi connectivity index (χ3n) is 6.35. The molecule has 0 aromatic heterocycles. The molecule has 1 atom stereocenters. The van der Waals surface area contributed by atoms with Crippen molar-refractivity contribution in [3.8, 4) is 33.4 Å². The van der Waals surface area contributed by atoms with Gasteiger partial charge in [-0.1, -0.05) is 154 Å². The van der Waals surface area contributed by atoms with Crippen molar-refractivity contribution in [2.45, 2.75) is 25.9 Å². The summed E-state index contributed by atoms with van der Waals surface area (Å²) in [6.07, 6.45) is 0. The van der Waals surface area contributed by atoms with Crippen molar-refractivity contribution in [1.29, 1.82) is 0 Å². The maximum absolute atomic E-state index is 2.37. The van der Waals surface area contributed by atoms with Gasteiger partial charge >= 0.3 is 0 Å². The minimum absolute atomic E-state index is 0.138. The summed E-state index contributed by atoms with van der Waals surface area (Å²) in [4.78, 5) is 0.